The average Bonchev–Trinajstić information content (AvgIpc) is 2.44. The fraction of sp³-hybridized carbons (Fsp3) is 0.333. The second kappa shape index (κ2) is 6.86. The zero-order valence-electron chi connectivity index (χ0n) is 11.9. The molecule has 5 heteroatoms. The van der Waals surface area contributed by atoms with Crippen LogP contribution in [0, 0.1) is 0 Å². The number of hydrogen-bond donors (Lipinski definition) is 2. The number of aromatic nitrogens is 1. The van der Waals surface area contributed by atoms with E-state index in [0.29, 0.717) is 12.4 Å². The molecule has 0 spiro atoms. The van der Waals surface area contributed by atoms with Gasteiger partial charge in [-0.15, -0.1) is 0 Å². The Balaban J connectivity index is 1.93. The van der Waals surface area contributed by atoms with Crippen LogP contribution >= 0.6 is 0 Å². The first-order chi connectivity index (χ1) is 9.66. The molecule has 106 valence electrons. The van der Waals surface area contributed by atoms with E-state index in [0.717, 1.165) is 23.7 Å². The van der Waals surface area contributed by atoms with Gasteiger partial charge in [-0.2, -0.15) is 0 Å². The first-order valence-electron chi connectivity index (χ1n) is 6.70. The van der Waals surface area contributed by atoms with Gasteiger partial charge in [-0.05, 0) is 38.5 Å². The van der Waals surface area contributed by atoms with Crippen LogP contribution < -0.4 is 10.6 Å². The molecule has 0 bridgehead atoms. The van der Waals surface area contributed by atoms with Gasteiger partial charge >= 0.3 is 6.03 Å². The summed E-state index contributed by atoms with van der Waals surface area (Å²) in [6.45, 7) is 1.60. The van der Waals surface area contributed by atoms with Gasteiger partial charge < -0.3 is 10.2 Å². The monoisotopic (exact) mass is 272 g/mol. The van der Waals surface area contributed by atoms with Crippen LogP contribution in [0.2, 0.25) is 0 Å². The molecule has 2 aromatic rings. The Hall–Kier alpha value is -2.14. The van der Waals surface area contributed by atoms with Gasteiger partial charge in [0.2, 0.25) is 0 Å². The predicted molar refractivity (Wildman–Crippen MR) is 81.9 cm³/mol. The van der Waals surface area contributed by atoms with Crippen LogP contribution in [0.3, 0.4) is 0 Å². The lowest BCUT2D eigenvalue weighted by molar-refractivity contribution is 0.251. The molecule has 0 atom stereocenters. The Morgan fingerprint density at radius 1 is 1.25 bits per heavy atom. The van der Waals surface area contributed by atoms with Crippen LogP contribution in [0.25, 0.3) is 10.8 Å². The summed E-state index contributed by atoms with van der Waals surface area (Å²) in [5, 5.41) is 7.64. The second-order valence-electron chi connectivity index (χ2n) is 4.92. The number of rotatable bonds is 5. The van der Waals surface area contributed by atoms with Crippen LogP contribution in [0.5, 0.6) is 0 Å². The molecule has 2 amide bonds. The summed E-state index contributed by atoms with van der Waals surface area (Å²) in [5.41, 5.74) is 0. The molecule has 20 heavy (non-hydrogen) atoms. The number of fused-ring (bicyclic) bond motifs is 1. The summed E-state index contributed by atoms with van der Waals surface area (Å²) >= 11 is 0. The largest absolute Gasteiger partial charge is 0.338 e. The third-order valence-corrected chi connectivity index (χ3v) is 2.97. The van der Waals surface area contributed by atoms with Crippen LogP contribution in [-0.2, 0) is 0 Å². The zero-order chi connectivity index (χ0) is 14.4. The molecule has 0 aliphatic heterocycles. The highest BCUT2D eigenvalue weighted by atomic mass is 16.2. The summed E-state index contributed by atoms with van der Waals surface area (Å²) in [7, 11) is 4.03. The maximum Gasteiger partial charge on any atom is 0.320 e. The third kappa shape index (κ3) is 3.93. The lowest BCUT2D eigenvalue weighted by atomic mass is 10.1. The number of urea groups is 1. The Labute approximate surface area is 119 Å². The van der Waals surface area contributed by atoms with Gasteiger partial charge in [-0.25, -0.2) is 9.78 Å². The lowest BCUT2D eigenvalue weighted by Gasteiger charge is -2.11. The van der Waals surface area contributed by atoms with Crippen molar-refractivity contribution < 1.29 is 4.79 Å². The second-order valence-corrected chi connectivity index (χ2v) is 4.92. The van der Waals surface area contributed by atoms with Gasteiger partial charge in [-0.1, -0.05) is 24.3 Å². The summed E-state index contributed by atoms with van der Waals surface area (Å²) < 4.78 is 0. The molecule has 2 N–H and O–H groups in total. The number of pyridine rings is 1. The number of carbonyl (C=O) groups is 1. The van der Waals surface area contributed by atoms with E-state index < -0.39 is 0 Å². The van der Waals surface area contributed by atoms with Gasteiger partial charge in [0.15, 0.2) is 0 Å². The molecule has 0 saturated carbocycles. The zero-order valence-corrected chi connectivity index (χ0v) is 11.9. The summed E-state index contributed by atoms with van der Waals surface area (Å²) in [6, 6.07) is 9.56. The van der Waals surface area contributed by atoms with E-state index in [-0.39, 0.29) is 6.03 Å². The number of carbonyl (C=O) groups excluding carboxylic acids is 1. The van der Waals surface area contributed by atoms with Crippen LogP contribution in [0.15, 0.2) is 36.5 Å². The van der Waals surface area contributed by atoms with Crippen LogP contribution in [0.1, 0.15) is 6.42 Å². The van der Waals surface area contributed by atoms with Crippen LogP contribution in [0.4, 0.5) is 10.6 Å². The van der Waals surface area contributed by atoms with Crippen molar-refractivity contribution in [3.05, 3.63) is 36.5 Å². The molecule has 0 saturated heterocycles. The highest BCUT2D eigenvalue weighted by Crippen LogP contribution is 2.19. The summed E-state index contributed by atoms with van der Waals surface area (Å²) in [5.74, 6) is 0.591. The van der Waals surface area contributed by atoms with Gasteiger partial charge in [-0.3, -0.25) is 5.32 Å². The average molecular weight is 272 g/mol. The Kier molecular flexibility index (Phi) is 4.90. The third-order valence-electron chi connectivity index (χ3n) is 2.97. The molecule has 0 unspecified atom stereocenters. The maximum atomic E-state index is 11.8. The van der Waals surface area contributed by atoms with Gasteiger partial charge in [0.25, 0.3) is 0 Å². The highest BCUT2D eigenvalue weighted by molar-refractivity contribution is 5.99. The topological polar surface area (TPSA) is 57.3 Å². The molecular weight excluding hydrogens is 252 g/mol. The highest BCUT2D eigenvalue weighted by Gasteiger charge is 2.05. The SMILES string of the molecule is CN(C)CCCNC(=O)Nc1nccc2ccccc12. The summed E-state index contributed by atoms with van der Waals surface area (Å²) in [6.07, 6.45) is 2.62. The summed E-state index contributed by atoms with van der Waals surface area (Å²) in [4.78, 5) is 18.1. The normalized spacial score (nSPS) is 10.8. The van der Waals surface area contributed by atoms with E-state index in [4.69, 9.17) is 0 Å². The van der Waals surface area contributed by atoms with Crippen molar-refractivity contribution in [3.63, 3.8) is 0 Å². The molecular formula is C15H20N4O. The molecule has 5 nitrogen and oxygen atoms in total. The van der Waals surface area contributed by atoms with Crippen molar-refractivity contribution >= 4 is 22.6 Å². The molecule has 0 aliphatic carbocycles. The standard InChI is InChI=1S/C15H20N4O/c1-19(2)11-5-9-17-15(20)18-14-13-7-4-3-6-12(13)8-10-16-14/h3-4,6-8,10H,5,9,11H2,1-2H3,(H2,16,17,18,20). The van der Waals surface area contributed by atoms with Gasteiger partial charge in [0.05, 0.1) is 0 Å². The smallest absolute Gasteiger partial charge is 0.320 e. The number of hydrogen-bond acceptors (Lipinski definition) is 3. The minimum atomic E-state index is -0.215. The van der Waals surface area contributed by atoms with Crippen molar-refractivity contribution in [2.45, 2.75) is 6.42 Å². The minimum absolute atomic E-state index is 0.215. The number of nitrogens with zero attached hydrogens (tertiary/aromatic N) is 2. The van der Waals surface area contributed by atoms with E-state index >= 15 is 0 Å². The number of amides is 2. The first-order valence-corrected chi connectivity index (χ1v) is 6.70. The first kappa shape index (κ1) is 14.3. The van der Waals surface area contributed by atoms with E-state index in [9.17, 15) is 4.79 Å². The number of anilines is 1. The Morgan fingerprint density at radius 3 is 2.85 bits per heavy atom. The number of benzene rings is 1. The van der Waals surface area contributed by atoms with Gasteiger partial charge in [0.1, 0.15) is 5.82 Å². The van der Waals surface area contributed by atoms with Crippen LogP contribution in [-0.4, -0.2) is 43.1 Å². The van der Waals surface area contributed by atoms with Crippen molar-refractivity contribution in [1.29, 1.82) is 0 Å². The van der Waals surface area contributed by atoms with E-state index in [1.807, 2.05) is 44.4 Å². The minimum Gasteiger partial charge on any atom is -0.338 e. The van der Waals surface area contributed by atoms with E-state index in [2.05, 4.69) is 20.5 Å². The quantitative estimate of drug-likeness (QED) is 0.821. The van der Waals surface area contributed by atoms with Crippen molar-refractivity contribution in [1.82, 2.24) is 15.2 Å². The molecule has 2 rings (SSSR count). The maximum absolute atomic E-state index is 11.8. The Morgan fingerprint density at radius 2 is 2.05 bits per heavy atom. The molecule has 1 heterocycles. The van der Waals surface area contributed by atoms with Crippen molar-refractivity contribution in [2.75, 3.05) is 32.5 Å². The molecule has 0 fully saturated rings. The Bertz CT molecular complexity index is 578. The molecule has 1 aromatic carbocycles. The van der Waals surface area contributed by atoms with Crippen molar-refractivity contribution in [2.24, 2.45) is 0 Å². The molecule has 0 radical (unpaired) electrons. The van der Waals surface area contributed by atoms with Crippen molar-refractivity contribution in [3.8, 4) is 0 Å². The van der Waals surface area contributed by atoms with Gasteiger partial charge in [0, 0.05) is 18.1 Å². The fourth-order valence-electron chi connectivity index (χ4n) is 1.97. The molecule has 0 aliphatic rings. The van der Waals surface area contributed by atoms with E-state index in [1.54, 1.807) is 6.20 Å². The fourth-order valence-corrected chi connectivity index (χ4v) is 1.97. The number of nitrogens with one attached hydrogen (secondary N) is 2. The van der Waals surface area contributed by atoms with E-state index in [1.165, 1.54) is 0 Å². The predicted octanol–water partition coefficient (Wildman–Crippen LogP) is 2.31. The molecule has 1 aromatic heterocycles. The lowest BCUT2D eigenvalue weighted by Crippen LogP contribution is -2.31.